The van der Waals surface area contributed by atoms with Gasteiger partial charge in [0.1, 0.15) is 15.2 Å². The number of anilines is 1. The van der Waals surface area contributed by atoms with Crippen LogP contribution in [0, 0.1) is 5.82 Å². The van der Waals surface area contributed by atoms with E-state index in [1.807, 2.05) is 20.8 Å². The Morgan fingerprint density at radius 1 is 1.26 bits per heavy atom. The van der Waals surface area contributed by atoms with E-state index in [1.54, 1.807) is 6.07 Å². The Balaban J connectivity index is 2.60. The molecule has 27 heavy (non-hydrogen) atoms. The van der Waals surface area contributed by atoms with Crippen LogP contribution in [0.15, 0.2) is 29.3 Å². The Labute approximate surface area is 179 Å². The van der Waals surface area contributed by atoms with E-state index in [2.05, 4.69) is 42.2 Å². The van der Waals surface area contributed by atoms with Crippen LogP contribution in [0.3, 0.4) is 0 Å². The lowest BCUT2D eigenvalue weighted by atomic mass is 10.1. The second-order valence-corrected chi connectivity index (χ2v) is 11.2. The number of para-hydroxylation sites is 1. The van der Waals surface area contributed by atoms with Crippen LogP contribution < -0.4 is 10.2 Å². The maximum atomic E-state index is 14.3. The van der Waals surface area contributed by atoms with Crippen molar-refractivity contribution < 1.29 is 14.0 Å². The lowest BCUT2D eigenvalue weighted by Gasteiger charge is -2.33. The van der Waals surface area contributed by atoms with Gasteiger partial charge in [0.2, 0.25) is 5.84 Å². The van der Waals surface area contributed by atoms with Gasteiger partial charge in [-0.1, -0.05) is 44.0 Å². The third kappa shape index (κ3) is 4.88. The van der Waals surface area contributed by atoms with Gasteiger partial charge >= 0.3 is 6.03 Å². The van der Waals surface area contributed by atoms with Crippen molar-refractivity contribution in [2.45, 2.75) is 35.7 Å². The fourth-order valence-electron chi connectivity index (χ4n) is 2.37. The number of nitrogens with one attached hydrogen (secondary N) is 1. The van der Waals surface area contributed by atoms with E-state index in [-0.39, 0.29) is 22.9 Å². The van der Waals surface area contributed by atoms with Gasteiger partial charge in [-0.15, -0.1) is 11.6 Å². The van der Waals surface area contributed by atoms with E-state index in [0.717, 1.165) is 9.80 Å². The van der Waals surface area contributed by atoms with Gasteiger partial charge in [-0.05, 0) is 32.9 Å². The smallest absolute Gasteiger partial charge is 0.289 e. The van der Waals surface area contributed by atoms with Gasteiger partial charge in [0.05, 0.1) is 11.6 Å². The molecule has 0 aromatic heterocycles. The molecule has 0 spiro atoms. The number of benzene rings is 1. The van der Waals surface area contributed by atoms with Crippen LogP contribution in [-0.2, 0) is 4.79 Å². The molecular weight excluding hydrogens is 506 g/mol. The predicted molar refractivity (Wildman–Crippen MR) is 112 cm³/mol. The fraction of sp³-hybridized carbons (Fsp3) is 0.471. The number of hydrogen-bond donors (Lipinski definition) is 1. The van der Waals surface area contributed by atoms with Crippen LogP contribution in [0.25, 0.3) is 0 Å². The Bertz CT molecular complexity index is 782. The zero-order valence-electron chi connectivity index (χ0n) is 15.3. The summed E-state index contributed by atoms with van der Waals surface area (Å²) in [5.74, 6) is -1.35. The Morgan fingerprint density at radius 3 is 2.37 bits per heavy atom. The average Bonchev–Trinajstić information content (AvgIpc) is 2.78. The normalized spacial score (nSPS) is 18.6. The maximum absolute atomic E-state index is 14.3. The molecule has 10 heteroatoms. The molecule has 1 heterocycles. The largest absolute Gasteiger partial charge is 0.337 e. The quantitative estimate of drug-likeness (QED) is 0.465. The summed E-state index contributed by atoms with van der Waals surface area (Å²) in [6.07, 6.45) is -0.734. The van der Waals surface area contributed by atoms with Crippen molar-refractivity contribution in [2.24, 2.45) is 4.99 Å². The highest BCUT2D eigenvalue weighted by atomic mass is 79.9. The molecule has 0 radical (unpaired) electrons. The molecule has 1 atom stereocenters. The second kappa shape index (κ2) is 8.14. The first-order chi connectivity index (χ1) is 12.4. The highest BCUT2D eigenvalue weighted by Crippen LogP contribution is 2.35. The lowest BCUT2D eigenvalue weighted by molar-refractivity contribution is -0.119. The van der Waals surface area contributed by atoms with Gasteiger partial charge in [0.15, 0.2) is 0 Å². The number of imide groups is 1. The van der Waals surface area contributed by atoms with Crippen LogP contribution in [0.4, 0.5) is 14.9 Å². The maximum Gasteiger partial charge on any atom is 0.337 e. The van der Waals surface area contributed by atoms with Crippen LogP contribution in [0.2, 0.25) is 0 Å². The number of amidine groups is 1. The summed E-state index contributed by atoms with van der Waals surface area (Å²) in [7, 11) is 1.32. The number of likely N-dealkylation sites (N-methyl/N-ethyl adjacent to an activating group) is 1. The van der Waals surface area contributed by atoms with Crippen LogP contribution >= 0.6 is 43.5 Å². The van der Waals surface area contributed by atoms with Crippen molar-refractivity contribution in [3.05, 3.63) is 30.1 Å². The molecule has 148 valence electrons. The molecule has 0 bridgehead atoms. The van der Waals surface area contributed by atoms with Crippen LogP contribution in [0.1, 0.15) is 20.8 Å². The standard InChI is InChI=1S/C17H20Br2ClFN4O2/c1-16(2,3)23-14(17(18,19)9-20)22-12-13(26)24(4)15(27)25(12)11-8-6-5-7-10(11)21/h5-8,14,23H,9H2,1-4H3/b22-12-. The van der Waals surface area contributed by atoms with Gasteiger partial charge in [-0.3, -0.25) is 15.0 Å². The number of hydrogen-bond acceptors (Lipinski definition) is 4. The number of rotatable bonds is 5. The molecule has 2 rings (SSSR count). The van der Waals surface area contributed by atoms with E-state index in [0.29, 0.717) is 0 Å². The summed E-state index contributed by atoms with van der Waals surface area (Å²) in [4.78, 5) is 31.5. The van der Waals surface area contributed by atoms with E-state index in [9.17, 15) is 14.0 Å². The van der Waals surface area contributed by atoms with Crippen molar-refractivity contribution in [1.82, 2.24) is 10.2 Å². The topological polar surface area (TPSA) is 65.0 Å². The minimum Gasteiger partial charge on any atom is -0.289 e. The second-order valence-electron chi connectivity index (χ2n) is 7.08. The third-order valence-corrected chi connectivity index (χ3v) is 6.17. The molecule has 1 fully saturated rings. The average molecular weight is 527 g/mol. The van der Waals surface area contributed by atoms with Crippen LogP contribution in [-0.4, -0.2) is 50.5 Å². The Kier molecular flexibility index (Phi) is 6.72. The number of urea groups is 1. The highest BCUT2D eigenvalue weighted by Gasteiger charge is 2.45. The Hall–Kier alpha value is -1.03. The molecule has 1 aliphatic rings. The minimum absolute atomic E-state index is 0.0472. The number of halogens is 4. The molecule has 1 N–H and O–H groups in total. The number of carbonyl (C=O) groups is 2. The van der Waals surface area contributed by atoms with Gasteiger partial charge in [-0.2, -0.15) is 0 Å². The number of aliphatic imine (C=N–C) groups is 1. The van der Waals surface area contributed by atoms with E-state index in [4.69, 9.17) is 11.6 Å². The Morgan fingerprint density at radius 2 is 1.85 bits per heavy atom. The van der Waals surface area contributed by atoms with E-state index < -0.39 is 27.2 Å². The van der Waals surface area contributed by atoms with E-state index >= 15 is 0 Å². The first kappa shape index (κ1) is 22.3. The molecule has 1 aromatic rings. The van der Waals surface area contributed by atoms with Crippen molar-refractivity contribution >= 4 is 66.9 Å². The lowest BCUT2D eigenvalue weighted by Crippen LogP contribution is -2.52. The van der Waals surface area contributed by atoms with E-state index in [1.165, 1.54) is 25.2 Å². The van der Waals surface area contributed by atoms with Crippen molar-refractivity contribution in [3.8, 4) is 0 Å². The van der Waals surface area contributed by atoms with Crippen molar-refractivity contribution in [1.29, 1.82) is 0 Å². The third-order valence-electron chi connectivity index (χ3n) is 3.68. The first-order valence-electron chi connectivity index (χ1n) is 8.05. The molecule has 1 saturated heterocycles. The summed E-state index contributed by atoms with van der Waals surface area (Å²) in [6.45, 7) is 5.77. The molecule has 6 nitrogen and oxygen atoms in total. The van der Waals surface area contributed by atoms with Gasteiger partial charge in [0, 0.05) is 12.6 Å². The molecule has 3 amide bonds. The zero-order chi connectivity index (χ0) is 20.6. The SMILES string of the molecule is CN1C(=O)/C(=N/C(NC(C)(C)C)C(Br)(Br)CCl)N(c2ccccc2F)C1=O. The van der Waals surface area contributed by atoms with Crippen molar-refractivity contribution in [3.63, 3.8) is 0 Å². The zero-order valence-corrected chi connectivity index (χ0v) is 19.2. The summed E-state index contributed by atoms with van der Waals surface area (Å²) < 4.78 is 13.4. The van der Waals surface area contributed by atoms with Crippen molar-refractivity contribution in [2.75, 3.05) is 17.8 Å². The first-order valence-corrected chi connectivity index (χ1v) is 10.2. The number of amides is 3. The number of nitrogens with zero attached hydrogens (tertiary/aromatic N) is 3. The molecule has 0 saturated carbocycles. The molecule has 1 aromatic carbocycles. The van der Waals surface area contributed by atoms with Crippen LogP contribution in [0.5, 0.6) is 0 Å². The fourth-order valence-corrected chi connectivity index (χ4v) is 2.95. The highest BCUT2D eigenvalue weighted by molar-refractivity contribution is 9.25. The summed E-state index contributed by atoms with van der Waals surface area (Å²) in [6, 6.07) is 5.03. The summed E-state index contributed by atoms with van der Waals surface area (Å²) >= 11 is 13.0. The molecular formula is C17H20Br2ClFN4O2. The van der Waals surface area contributed by atoms with Gasteiger partial charge in [-0.25, -0.2) is 19.1 Å². The van der Waals surface area contributed by atoms with Gasteiger partial charge < -0.3 is 0 Å². The molecule has 1 aliphatic heterocycles. The summed E-state index contributed by atoms with van der Waals surface area (Å²) in [5.41, 5.74) is -0.428. The molecule has 0 aliphatic carbocycles. The van der Waals surface area contributed by atoms with Gasteiger partial charge in [0.25, 0.3) is 5.91 Å². The molecule has 1 unspecified atom stereocenters. The summed E-state index contributed by atoms with van der Waals surface area (Å²) in [5, 5.41) is 3.24. The minimum atomic E-state index is -0.896. The monoisotopic (exact) mass is 524 g/mol. The number of alkyl halides is 3. The predicted octanol–water partition coefficient (Wildman–Crippen LogP) is 4.06. The number of carbonyl (C=O) groups excluding carboxylic acids is 2.